The number of likely N-dealkylation sites (tertiary alicyclic amines) is 1. The average Bonchev–Trinajstić information content (AvgIpc) is 2.94. The quantitative estimate of drug-likeness (QED) is 0.906. The van der Waals surface area contributed by atoms with Gasteiger partial charge in [-0.25, -0.2) is 0 Å². The number of piperidine rings is 1. The number of carbonyl (C=O) groups excluding carboxylic acids is 1. The predicted octanol–water partition coefficient (Wildman–Crippen LogP) is 1.36. The number of hydrogen-bond acceptors (Lipinski definition) is 3. The van der Waals surface area contributed by atoms with Crippen LogP contribution in [0.2, 0.25) is 0 Å². The molecule has 0 spiro atoms. The van der Waals surface area contributed by atoms with Crippen LogP contribution in [0.3, 0.4) is 0 Å². The lowest BCUT2D eigenvalue weighted by Crippen LogP contribution is -2.41. The molecule has 21 heavy (non-hydrogen) atoms. The van der Waals surface area contributed by atoms with Crippen molar-refractivity contribution in [1.29, 1.82) is 0 Å². The molecule has 1 aliphatic rings. The molecular formula is C15H18N4O2. The van der Waals surface area contributed by atoms with Crippen LogP contribution in [0.15, 0.2) is 35.5 Å². The molecule has 1 aliphatic heterocycles. The Labute approximate surface area is 122 Å². The second-order valence-corrected chi connectivity index (χ2v) is 5.49. The highest BCUT2D eigenvalue weighted by Crippen LogP contribution is 2.22. The Bertz CT molecular complexity index is 683. The maximum Gasteiger partial charge on any atom is 0.255 e. The molecule has 110 valence electrons. The Morgan fingerprint density at radius 1 is 1.43 bits per heavy atom. The van der Waals surface area contributed by atoms with Crippen LogP contribution in [-0.2, 0) is 0 Å². The molecule has 3 heterocycles. The molecule has 6 nitrogen and oxygen atoms in total. The Balaban J connectivity index is 1.75. The molecule has 3 rings (SSSR count). The van der Waals surface area contributed by atoms with Crippen molar-refractivity contribution in [1.82, 2.24) is 19.7 Å². The third-order valence-corrected chi connectivity index (χ3v) is 3.82. The maximum atomic E-state index is 12.5. The Kier molecular flexibility index (Phi) is 3.60. The summed E-state index contributed by atoms with van der Waals surface area (Å²) < 4.78 is 1.95. The Morgan fingerprint density at radius 2 is 2.29 bits per heavy atom. The number of hydrogen-bond donors (Lipinski definition) is 1. The SMILES string of the molecule is Cc1cnn([C@H]2CCCN(C(=O)c3ccc(=O)[nH]c3)C2)c1. The highest BCUT2D eigenvalue weighted by Gasteiger charge is 2.25. The highest BCUT2D eigenvalue weighted by atomic mass is 16.2. The van der Waals surface area contributed by atoms with Crippen molar-refractivity contribution in [3.05, 3.63) is 52.2 Å². The lowest BCUT2D eigenvalue weighted by Gasteiger charge is -2.32. The molecular weight excluding hydrogens is 268 g/mol. The molecule has 0 aromatic carbocycles. The van der Waals surface area contributed by atoms with Crippen LogP contribution in [0.4, 0.5) is 0 Å². The third kappa shape index (κ3) is 2.89. The minimum Gasteiger partial charge on any atom is -0.336 e. The van der Waals surface area contributed by atoms with Gasteiger partial charge in [0.1, 0.15) is 0 Å². The van der Waals surface area contributed by atoms with Crippen LogP contribution in [0.1, 0.15) is 34.8 Å². The van der Waals surface area contributed by atoms with E-state index in [-0.39, 0.29) is 17.5 Å². The van der Waals surface area contributed by atoms with E-state index in [9.17, 15) is 9.59 Å². The van der Waals surface area contributed by atoms with Gasteiger partial charge in [-0.05, 0) is 31.4 Å². The number of aromatic nitrogens is 3. The lowest BCUT2D eigenvalue weighted by molar-refractivity contribution is 0.0672. The van der Waals surface area contributed by atoms with Gasteiger partial charge in [-0.2, -0.15) is 5.10 Å². The molecule has 1 atom stereocenters. The van der Waals surface area contributed by atoms with Crippen LogP contribution in [0, 0.1) is 6.92 Å². The van der Waals surface area contributed by atoms with Crippen molar-refractivity contribution < 1.29 is 4.79 Å². The summed E-state index contributed by atoms with van der Waals surface area (Å²) in [4.78, 5) is 27.9. The minimum absolute atomic E-state index is 0.0418. The molecule has 2 aromatic heterocycles. The molecule has 1 saturated heterocycles. The molecule has 0 aliphatic carbocycles. The first kappa shape index (κ1) is 13.6. The summed E-state index contributed by atoms with van der Waals surface area (Å²) in [7, 11) is 0. The van der Waals surface area contributed by atoms with Crippen LogP contribution >= 0.6 is 0 Å². The number of amides is 1. The first-order chi connectivity index (χ1) is 10.1. The lowest BCUT2D eigenvalue weighted by atomic mass is 10.0. The summed E-state index contributed by atoms with van der Waals surface area (Å²) in [5, 5.41) is 4.35. The van der Waals surface area contributed by atoms with Gasteiger partial charge in [0, 0.05) is 31.5 Å². The smallest absolute Gasteiger partial charge is 0.255 e. The summed E-state index contributed by atoms with van der Waals surface area (Å²) in [6.07, 6.45) is 7.31. The van der Waals surface area contributed by atoms with E-state index in [4.69, 9.17) is 0 Å². The van der Waals surface area contributed by atoms with Crippen molar-refractivity contribution in [3.8, 4) is 0 Å². The zero-order chi connectivity index (χ0) is 14.8. The van der Waals surface area contributed by atoms with Gasteiger partial charge < -0.3 is 9.88 Å². The van der Waals surface area contributed by atoms with E-state index in [2.05, 4.69) is 10.1 Å². The largest absolute Gasteiger partial charge is 0.336 e. The zero-order valence-electron chi connectivity index (χ0n) is 12.0. The van der Waals surface area contributed by atoms with Gasteiger partial charge in [0.15, 0.2) is 0 Å². The topological polar surface area (TPSA) is 71.0 Å². The number of aryl methyl sites for hydroxylation is 1. The molecule has 6 heteroatoms. The standard InChI is InChI=1S/C15H18N4O2/c1-11-7-17-19(9-11)13-3-2-6-18(10-13)15(21)12-4-5-14(20)16-8-12/h4-5,7-9,13H,2-3,6,10H2,1H3,(H,16,20)/t13-/m0/s1. The zero-order valence-corrected chi connectivity index (χ0v) is 12.0. The van der Waals surface area contributed by atoms with Crippen LogP contribution < -0.4 is 5.56 Å². The van der Waals surface area contributed by atoms with Crippen LogP contribution in [-0.4, -0.2) is 38.7 Å². The monoisotopic (exact) mass is 286 g/mol. The maximum absolute atomic E-state index is 12.5. The van der Waals surface area contributed by atoms with Crippen molar-refractivity contribution in [3.63, 3.8) is 0 Å². The van der Waals surface area contributed by atoms with E-state index >= 15 is 0 Å². The summed E-state index contributed by atoms with van der Waals surface area (Å²) in [6, 6.07) is 3.17. The van der Waals surface area contributed by atoms with Gasteiger partial charge in [0.25, 0.3) is 5.91 Å². The number of pyridine rings is 1. The first-order valence-electron chi connectivity index (χ1n) is 7.12. The van der Waals surface area contributed by atoms with Gasteiger partial charge in [-0.3, -0.25) is 14.3 Å². The van der Waals surface area contributed by atoms with E-state index in [1.807, 2.05) is 28.9 Å². The second kappa shape index (κ2) is 5.55. The number of nitrogens with one attached hydrogen (secondary N) is 1. The molecule has 0 radical (unpaired) electrons. The summed E-state index contributed by atoms with van der Waals surface area (Å²) in [5.74, 6) is -0.0418. The molecule has 0 bridgehead atoms. The van der Waals surface area contributed by atoms with Gasteiger partial charge in [0.2, 0.25) is 5.56 Å². The molecule has 0 saturated carbocycles. The van der Waals surface area contributed by atoms with Crippen molar-refractivity contribution >= 4 is 5.91 Å². The molecule has 1 fully saturated rings. The molecule has 1 N–H and O–H groups in total. The molecule has 0 unspecified atom stereocenters. The van der Waals surface area contributed by atoms with Crippen molar-refractivity contribution in [2.24, 2.45) is 0 Å². The number of carbonyl (C=O) groups is 1. The van der Waals surface area contributed by atoms with E-state index in [1.54, 1.807) is 6.07 Å². The normalized spacial score (nSPS) is 18.7. The fourth-order valence-electron chi connectivity index (χ4n) is 2.71. The Morgan fingerprint density at radius 3 is 2.95 bits per heavy atom. The van der Waals surface area contributed by atoms with Gasteiger partial charge in [-0.15, -0.1) is 0 Å². The van der Waals surface area contributed by atoms with Crippen LogP contribution in [0.5, 0.6) is 0 Å². The average molecular weight is 286 g/mol. The summed E-state index contributed by atoms with van der Waals surface area (Å²) in [6.45, 7) is 3.41. The van der Waals surface area contributed by atoms with Gasteiger partial charge >= 0.3 is 0 Å². The number of nitrogens with zero attached hydrogens (tertiary/aromatic N) is 3. The van der Waals surface area contributed by atoms with E-state index < -0.39 is 0 Å². The van der Waals surface area contributed by atoms with Gasteiger partial charge in [-0.1, -0.05) is 0 Å². The van der Waals surface area contributed by atoms with Crippen molar-refractivity contribution in [2.75, 3.05) is 13.1 Å². The fourth-order valence-corrected chi connectivity index (χ4v) is 2.71. The van der Waals surface area contributed by atoms with Crippen LogP contribution in [0.25, 0.3) is 0 Å². The number of aromatic amines is 1. The third-order valence-electron chi connectivity index (χ3n) is 3.82. The van der Waals surface area contributed by atoms with Crippen molar-refractivity contribution in [2.45, 2.75) is 25.8 Å². The summed E-state index contributed by atoms with van der Waals surface area (Å²) in [5.41, 5.74) is 1.45. The Hall–Kier alpha value is -2.37. The first-order valence-corrected chi connectivity index (χ1v) is 7.12. The van der Waals surface area contributed by atoms with Gasteiger partial charge in [0.05, 0.1) is 17.8 Å². The second-order valence-electron chi connectivity index (χ2n) is 5.49. The summed E-state index contributed by atoms with van der Waals surface area (Å²) >= 11 is 0. The molecule has 1 amide bonds. The minimum atomic E-state index is -0.199. The number of H-pyrrole nitrogens is 1. The fraction of sp³-hybridized carbons (Fsp3) is 0.400. The predicted molar refractivity (Wildman–Crippen MR) is 78.2 cm³/mol. The number of rotatable bonds is 2. The van der Waals surface area contributed by atoms with E-state index in [0.717, 1.165) is 24.9 Å². The molecule has 2 aromatic rings. The highest BCUT2D eigenvalue weighted by molar-refractivity contribution is 5.93. The van der Waals surface area contributed by atoms with E-state index in [0.29, 0.717) is 12.1 Å². The van der Waals surface area contributed by atoms with E-state index in [1.165, 1.54) is 12.3 Å².